The second kappa shape index (κ2) is 14.1. The highest BCUT2D eigenvalue weighted by Gasteiger charge is 2.34. The van der Waals surface area contributed by atoms with Gasteiger partial charge < -0.3 is 37.9 Å². The Labute approximate surface area is 314 Å². The van der Waals surface area contributed by atoms with E-state index >= 15 is 0 Å². The standard InChI is InChI=1S/C43H44O11/c1-41(2,3)52-38(44)48-27-14-16-29-24(21-27)11-19-32-36(29)35(26-13-18-31(34(23-26)47-10)51-40(46)54-43(7,8)9)37-30-17-15-28(49-39(45)53-42(4,5)6)22-25(30)12-20-33(37)50-32/h11-23,35H,1-10H3. The van der Waals surface area contributed by atoms with Gasteiger partial charge in [-0.25, -0.2) is 14.4 Å². The second-order valence-electron chi connectivity index (χ2n) is 15.9. The van der Waals surface area contributed by atoms with Gasteiger partial charge in [0.2, 0.25) is 0 Å². The molecular weight excluding hydrogens is 692 g/mol. The maximum atomic E-state index is 12.6. The zero-order valence-electron chi connectivity index (χ0n) is 32.1. The number of ether oxygens (including phenoxy) is 8. The Morgan fingerprint density at radius 2 is 0.963 bits per heavy atom. The minimum absolute atomic E-state index is 0.187. The second-order valence-corrected chi connectivity index (χ2v) is 15.9. The van der Waals surface area contributed by atoms with Gasteiger partial charge >= 0.3 is 18.5 Å². The first-order valence-electron chi connectivity index (χ1n) is 17.5. The normalized spacial score (nSPS) is 12.9. The summed E-state index contributed by atoms with van der Waals surface area (Å²) in [7, 11) is 1.50. The van der Waals surface area contributed by atoms with Crippen LogP contribution in [0.5, 0.6) is 34.5 Å². The van der Waals surface area contributed by atoms with Crippen LogP contribution in [0.15, 0.2) is 78.9 Å². The molecule has 0 aliphatic carbocycles. The topological polar surface area (TPSA) is 125 Å². The summed E-state index contributed by atoms with van der Waals surface area (Å²) in [4.78, 5) is 37.7. The van der Waals surface area contributed by atoms with Crippen LogP contribution in [0, 0.1) is 0 Å². The van der Waals surface area contributed by atoms with E-state index in [4.69, 9.17) is 37.9 Å². The minimum atomic E-state index is -0.860. The molecule has 11 nitrogen and oxygen atoms in total. The molecule has 54 heavy (non-hydrogen) atoms. The summed E-state index contributed by atoms with van der Waals surface area (Å²) in [6.07, 6.45) is -2.48. The molecule has 0 unspecified atom stereocenters. The van der Waals surface area contributed by atoms with E-state index in [1.807, 2.05) is 48.5 Å². The molecule has 0 atom stereocenters. The number of hydrogen-bond acceptors (Lipinski definition) is 11. The fourth-order valence-electron chi connectivity index (χ4n) is 6.16. The molecule has 0 aromatic heterocycles. The molecule has 0 amide bonds. The van der Waals surface area contributed by atoms with Gasteiger partial charge in [-0.3, -0.25) is 0 Å². The van der Waals surface area contributed by atoms with E-state index in [1.54, 1.807) is 92.6 Å². The van der Waals surface area contributed by atoms with E-state index in [2.05, 4.69) is 0 Å². The van der Waals surface area contributed by atoms with Gasteiger partial charge in [0.1, 0.15) is 39.8 Å². The molecule has 0 saturated carbocycles. The van der Waals surface area contributed by atoms with Crippen LogP contribution in [0.25, 0.3) is 21.5 Å². The van der Waals surface area contributed by atoms with Crippen LogP contribution in [-0.4, -0.2) is 42.4 Å². The van der Waals surface area contributed by atoms with Crippen LogP contribution < -0.4 is 23.7 Å². The average molecular weight is 737 g/mol. The molecule has 5 aromatic carbocycles. The van der Waals surface area contributed by atoms with Gasteiger partial charge in [-0.15, -0.1) is 0 Å². The summed E-state index contributed by atoms with van der Waals surface area (Å²) in [6.45, 7) is 15.9. The molecule has 0 spiro atoms. The Hall–Kier alpha value is -5.97. The highest BCUT2D eigenvalue weighted by atomic mass is 16.7. The van der Waals surface area contributed by atoms with Gasteiger partial charge in [0, 0.05) is 17.0 Å². The van der Waals surface area contributed by atoms with Crippen molar-refractivity contribution >= 4 is 40.0 Å². The number of carbonyl (C=O) groups is 3. The predicted molar refractivity (Wildman–Crippen MR) is 202 cm³/mol. The van der Waals surface area contributed by atoms with E-state index in [1.165, 1.54) is 7.11 Å². The van der Waals surface area contributed by atoms with Gasteiger partial charge in [0.15, 0.2) is 11.5 Å². The number of hydrogen-bond donors (Lipinski definition) is 0. The molecule has 0 bridgehead atoms. The van der Waals surface area contributed by atoms with Crippen molar-refractivity contribution in [2.75, 3.05) is 7.11 Å². The lowest BCUT2D eigenvalue weighted by atomic mass is 9.78. The van der Waals surface area contributed by atoms with Crippen LogP contribution in [0.3, 0.4) is 0 Å². The van der Waals surface area contributed by atoms with Crippen molar-refractivity contribution in [3.05, 3.63) is 95.6 Å². The van der Waals surface area contributed by atoms with Crippen molar-refractivity contribution in [1.29, 1.82) is 0 Å². The lowest BCUT2D eigenvalue weighted by Gasteiger charge is -2.31. The molecule has 5 aromatic rings. The van der Waals surface area contributed by atoms with Crippen molar-refractivity contribution in [3.63, 3.8) is 0 Å². The molecule has 0 N–H and O–H groups in total. The molecular formula is C43H44O11. The summed E-state index contributed by atoms with van der Waals surface area (Å²) in [5, 5.41) is 3.26. The third-order valence-corrected chi connectivity index (χ3v) is 8.07. The smallest absolute Gasteiger partial charge is 0.493 e. The third-order valence-electron chi connectivity index (χ3n) is 8.07. The molecule has 1 heterocycles. The highest BCUT2D eigenvalue weighted by Crippen LogP contribution is 2.53. The number of benzene rings is 5. The predicted octanol–water partition coefficient (Wildman–Crippen LogP) is 11.2. The van der Waals surface area contributed by atoms with Gasteiger partial charge in [0.25, 0.3) is 0 Å². The molecule has 0 radical (unpaired) electrons. The maximum Gasteiger partial charge on any atom is 0.514 e. The Kier molecular flexibility index (Phi) is 9.87. The zero-order chi connectivity index (χ0) is 39.2. The Balaban J connectivity index is 1.49. The molecule has 1 aliphatic heterocycles. The zero-order valence-corrected chi connectivity index (χ0v) is 32.1. The van der Waals surface area contributed by atoms with Crippen molar-refractivity contribution in [2.24, 2.45) is 0 Å². The fraction of sp³-hybridized carbons (Fsp3) is 0.326. The molecule has 0 saturated heterocycles. The Morgan fingerprint density at radius 3 is 1.39 bits per heavy atom. The van der Waals surface area contributed by atoms with Gasteiger partial charge in [-0.1, -0.05) is 30.3 Å². The van der Waals surface area contributed by atoms with Crippen LogP contribution in [-0.2, 0) is 14.2 Å². The lowest BCUT2D eigenvalue weighted by molar-refractivity contribution is 0.0189. The van der Waals surface area contributed by atoms with Gasteiger partial charge in [0.05, 0.1) is 7.11 Å². The van der Waals surface area contributed by atoms with Gasteiger partial charge in [-0.2, -0.15) is 0 Å². The third kappa shape index (κ3) is 8.62. The van der Waals surface area contributed by atoms with Crippen molar-refractivity contribution in [3.8, 4) is 34.5 Å². The Morgan fingerprint density at radius 1 is 0.519 bits per heavy atom. The largest absolute Gasteiger partial charge is 0.514 e. The van der Waals surface area contributed by atoms with Crippen LogP contribution in [0.4, 0.5) is 14.4 Å². The van der Waals surface area contributed by atoms with Crippen LogP contribution in [0.1, 0.15) is 84.9 Å². The summed E-state index contributed by atoms with van der Waals surface area (Å²) in [5.41, 5.74) is 0.298. The maximum absolute atomic E-state index is 12.6. The Bertz CT molecular complexity index is 2150. The molecule has 11 heteroatoms. The summed E-state index contributed by atoms with van der Waals surface area (Å²) < 4.78 is 45.1. The van der Waals surface area contributed by atoms with Gasteiger partial charge in [-0.05, 0) is 138 Å². The number of methoxy groups -OCH3 is 1. The van der Waals surface area contributed by atoms with E-state index in [0.29, 0.717) is 28.7 Å². The highest BCUT2D eigenvalue weighted by molar-refractivity contribution is 5.96. The average Bonchev–Trinajstić information content (AvgIpc) is 3.04. The summed E-state index contributed by atoms with van der Waals surface area (Å²) in [6, 6.07) is 23.6. The van der Waals surface area contributed by atoms with Crippen LogP contribution >= 0.6 is 0 Å². The van der Waals surface area contributed by atoms with E-state index in [9.17, 15) is 14.4 Å². The molecule has 6 rings (SSSR count). The number of rotatable bonds is 5. The first-order chi connectivity index (χ1) is 25.3. The minimum Gasteiger partial charge on any atom is -0.493 e. The van der Waals surface area contributed by atoms with Crippen molar-refractivity contribution in [2.45, 2.75) is 85.0 Å². The summed E-state index contributed by atoms with van der Waals surface area (Å²) >= 11 is 0. The number of fused-ring (bicyclic) bond motifs is 6. The summed E-state index contributed by atoms with van der Waals surface area (Å²) in [5.74, 6) is 1.94. The molecule has 0 fully saturated rings. The van der Waals surface area contributed by atoms with E-state index in [0.717, 1.165) is 38.2 Å². The quantitative estimate of drug-likeness (QED) is 0.0953. The fourth-order valence-corrected chi connectivity index (χ4v) is 6.16. The van der Waals surface area contributed by atoms with Crippen molar-refractivity contribution in [1.82, 2.24) is 0 Å². The monoisotopic (exact) mass is 736 g/mol. The molecule has 282 valence electrons. The SMILES string of the molecule is COc1cc(C2c3c(ccc4cc(OC(=O)OC(C)(C)C)ccc34)Oc3ccc4cc(OC(=O)OC(C)(C)C)ccc4c32)ccc1OC(=O)OC(C)(C)C. The number of carbonyl (C=O) groups excluding carboxylic acids is 3. The van der Waals surface area contributed by atoms with E-state index < -0.39 is 41.2 Å². The molecule has 1 aliphatic rings. The first kappa shape index (κ1) is 37.8. The van der Waals surface area contributed by atoms with Crippen LogP contribution in [0.2, 0.25) is 0 Å². The lowest BCUT2D eigenvalue weighted by Crippen LogP contribution is -2.26. The first-order valence-corrected chi connectivity index (χ1v) is 17.5. The van der Waals surface area contributed by atoms with E-state index in [-0.39, 0.29) is 5.75 Å². The van der Waals surface area contributed by atoms with Crippen molar-refractivity contribution < 1.29 is 52.3 Å².